The van der Waals surface area contributed by atoms with E-state index in [9.17, 15) is 0 Å². The van der Waals surface area contributed by atoms with Crippen molar-refractivity contribution < 1.29 is 0 Å². The summed E-state index contributed by atoms with van der Waals surface area (Å²) in [6, 6.07) is 12.8. The van der Waals surface area contributed by atoms with Crippen LogP contribution in [0.4, 0.5) is 5.69 Å². The second-order valence-electron chi connectivity index (χ2n) is 5.17. The van der Waals surface area contributed by atoms with E-state index in [-0.39, 0.29) is 0 Å². The second-order valence-corrected chi connectivity index (χ2v) is 6.58. The highest BCUT2D eigenvalue weighted by molar-refractivity contribution is 7.80. The van der Waals surface area contributed by atoms with Crippen molar-refractivity contribution in [1.29, 1.82) is 0 Å². The maximum Gasteiger partial charge on any atom is 0.173 e. The molecule has 1 heterocycles. The molecule has 0 saturated carbocycles. The first-order chi connectivity index (χ1) is 10.2. The minimum atomic E-state index is 0.754. The fourth-order valence-corrected chi connectivity index (χ4v) is 3.00. The van der Waals surface area contributed by atoms with Crippen LogP contribution in [0.25, 0.3) is 0 Å². The normalized spacial score (nSPS) is 10.4. The van der Waals surface area contributed by atoms with Crippen molar-refractivity contribution in [2.45, 2.75) is 32.7 Å². The smallest absolute Gasteiger partial charge is 0.173 e. The van der Waals surface area contributed by atoms with Crippen molar-refractivity contribution in [3.8, 4) is 0 Å². The summed E-state index contributed by atoms with van der Waals surface area (Å²) >= 11 is 7.21. The molecule has 21 heavy (non-hydrogen) atoms. The summed E-state index contributed by atoms with van der Waals surface area (Å²) in [6.45, 7) is 3.07. The number of aryl methyl sites for hydroxylation is 1. The minimum absolute atomic E-state index is 0.754. The lowest BCUT2D eigenvalue weighted by atomic mass is 10.1. The Kier molecular flexibility index (Phi) is 6.21. The van der Waals surface area contributed by atoms with Crippen molar-refractivity contribution >= 4 is 34.4 Å². The van der Waals surface area contributed by atoms with Gasteiger partial charge in [-0.2, -0.15) is 0 Å². The molecule has 2 aromatic rings. The molecular weight excluding hydrogens is 296 g/mol. The predicted octanol–water partition coefficient (Wildman–Crippen LogP) is 4.92. The molecule has 0 amide bonds. The van der Waals surface area contributed by atoms with Crippen LogP contribution in [-0.4, -0.2) is 17.1 Å². The highest BCUT2D eigenvalue weighted by Crippen LogP contribution is 2.14. The SMILES string of the molecule is CCCCc1ccc(NC(=S)N(C)Cc2cccs2)cc1. The van der Waals surface area contributed by atoms with E-state index in [2.05, 4.69) is 58.9 Å². The molecule has 0 fully saturated rings. The summed E-state index contributed by atoms with van der Waals surface area (Å²) in [6.07, 6.45) is 3.63. The summed E-state index contributed by atoms with van der Waals surface area (Å²) in [5.74, 6) is 0. The molecule has 2 nitrogen and oxygen atoms in total. The lowest BCUT2D eigenvalue weighted by Gasteiger charge is -2.20. The Morgan fingerprint density at radius 2 is 2.00 bits per heavy atom. The minimum Gasteiger partial charge on any atom is -0.347 e. The Hall–Kier alpha value is -1.39. The van der Waals surface area contributed by atoms with Crippen LogP contribution in [0.2, 0.25) is 0 Å². The van der Waals surface area contributed by atoms with Gasteiger partial charge in [-0.15, -0.1) is 11.3 Å². The topological polar surface area (TPSA) is 15.3 Å². The fourth-order valence-electron chi connectivity index (χ4n) is 2.06. The lowest BCUT2D eigenvalue weighted by molar-refractivity contribution is 0.514. The standard InChI is InChI=1S/C17H22N2S2/c1-3-4-6-14-8-10-15(11-9-14)18-17(20)19(2)13-16-7-5-12-21-16/h5,7-12H,3-4,6,13H2,1-2H3,(H,18,20). The number of rotatable bonds is 6. The zero-order chi connectivity index (χ0) is 15.1. The average molecular weight is 319 g/mol. The number of nitrogens with one attached hydrogen (secondary N) is 1. The zero-order valence-electron chi connectivity index (χ0n) is 12.6. The van der Waals surface area contributed by atoms with Crippen molar-refractivity contribution in [2.24, 2.45) is 0 Å². The van der Waals surface area contributed by atoms with Crippen LogP contribution < -0.4 is 5.32 Å². The molecule has 1 aromatic heterocycles. The van der Waals surface area contributed by atoms with Gasteiger partial charge in [0.2, 0.25) is 0 Å². The number of thiocarbonyl (C=S) groups is 1. The van der Waals surface area contributed by atoms with Crippen LogP contribution in [-0.2, 0) is 13.0 Å². The fraction of sp³-hybridized carbons (Fsp3) is 0.353. The maximum atomic E-state index is 5.45. The largest absolute Gasteiger partial charge is 0.347 e. The summed E-state index contributed by atoms with van der Waals surface area (Å²) < 4.78 is 0. The van der Waals surface area contributed by atoms with Crippen LogP contribution in [0.15, 0.2) is 41.8 Å². The van der Waals surface area contributed by atoms with Gasteiger partial charge in [-0.1, -0.05) is 31.5 Å². The number of hydrogen-bond donors (Lipinski definition) is 1. The lowest BCUT2D eigenvalue weighted by Crippen LogP contribution is -2.30. The Bertz CT molecular complexity index is 547. The summed E-state index contributed by atoms with van der Waals surface area (Å²) in [5, 5.41) is 6.15. The molecule has 0 atom stereocenters. The van der Waals surface area contributed by atoms with Crippen LogP contribution in [0.1, 0.15) is 30.2 Å². The van der Waals surface area contributed by atoms with Crippen LogP contribution in [0.5, 0.6) is 0 Å². The van der Waals surface area contributed by atoms with E-state index in [4.69, 9.17) is 12.2 Å². The van der Waals surface area contributed by atoms with Gasteiger partial charge in [0.05, 0.1) is 6.54 Å². The number of thiophene rings is 1. The highest BCUT2D eigenvalue weighted by Gasteiger charge is 2.06. The molecule has 1 N–H and O–H groups in total. The predicted molar refractivity (Wildman–Crippen MR) is 97.1 cm³/mol. The monoisotopic (exact) mass is 318 g/mol. The molecule has 0 radical (unpaired) electrons. The van der Waals surface area contributed by atoms with Gasteiger partial charge >= 0.3 is 0 Å². The van der Waals surface area contributed by atoms with E-state index >= 15 is 0 Å². The van der Waals surface area contributed by atoms with E-state index in [1.54, 1.807) is 11.3 Å². The van der Waals surface area contributed by atoms with Gasteiger partial charge in [0.15, 0.2) is 5.11 Å². The molecular formula is C17H22N2S2. The molecule has 0 saturated heterocycles. The van der Waals surface area contributed by atoms with Gasteiger partial charge in [0, 0.05) is 17.6 Å². The van der Waals surface area contributed by atoms with Gasteiger partial charge < -0.3 is 10.2 Å². The molecule has 0 bridgehead atoms. The molecule has 2 rings (SSSR count). The average Bonchev–Trinajstić information content (AvgIpc) is 2.99. The first-order valence-corrected chi connectivity index (χ1v) is 8.61. The zero-order valence-corrected chi connectivity index (χ0v) is 14.3. The number of hydrogen-bond acceptors (Lipinski definition) is 2. The quantitative estimate of drug-likeness (QED) is 0.761. The van der Waals surface area contributed by atoms with Gasteiger partial charge in [-0.3, -0.25) is 0 Å². The Balaban J connectivity index is 1.86. The molecule has 4 heteroatoms. The van der Waals surface area contributed by atoms with E-state index in [0.717, 1.165) is 23.8 Å². The number of nitrogens with zero attached hydrogens (tertiary/aromatic N) is 1. The van der Waals surface area contributed by atoms with E-state index in [1.807, 2.05) is 7.05 Å². The van der Waals surface area contributed by atoms with Crippen molar-refractivity contribution in [1.82, 2.24) is 4.90 Å². The van der Waals surface area contributed by atoms with Crippen molar-refractivity contribution in [3.63, 3.8) is 0 Å². The molecule has 0 aliphatic heterocycles. The van der Waals surface area contributed by atoms with Gasteiger partial charge in [-0.05, 0) is 54.2 Å². The molecule has 1 aromatic carbocycles. The summed E-state index contributed by atoms with van der Waals surface area (Å²) in [4.78, 5) is 3.38. The Labute approximate surface area is 136 Å². The van der Waals surface area contributed by atoms with Crippen LogP contribution in [0.3, 0.4) is 0 Å². The molecule has 0 spiro atoms. The van der Waals surface area contributed by atoms with Gasteiger partial charge in [0.1, 0.15) is 0 Å². The summed E-state index contributed by atoms with van der Waals surface area (Å²) in [5.41, 5.74) is 2.44. The third-order valence-corrected chi connectivity index (χ3v) is 4.62. The van der Waals surface area contributed by atoms with Gasteiger partial charge in [0.25, 0.3) is 0 Å². The molecule has 0 unspecified atom stereocenters. The first-order valence-electron chi connectivity index (χ1n) is 7.32. The van der Waals surface area contributed by atoms with Crippen LogP contribution in [0, 0.1) is 0 Å². The number of benzene rings is 1. The van der Waals surface area contributed by atoms with E-state index < -0.39 is 0 Å². The van der Waals surface area contributed by atoms with Gasteiger partial charge in [-0.25, -0.2) is 0 Å². The third-order valence-electron chi connectivity index (χ3n) is 3.34. The molecule has 0 aliphatic rings. The first kappa shape index (κ1) is 16.0. The van der Waals surface area contributed by atoms with E-state index in [1.165, 1.54) is 23.3 Å². The maximum absolute atomic E-state index is 5.45. The van der Waals surface area contributed by atoms with Crippen molar-refractivity contribution in [3.05, 3.63) is 52.2 Å². The van der Waals surface area contributed by atoms with E-state index in [0.29, 0.717) is 0 Å². The Morgan fingerprint density at radius 1 is 1.24 bits per heavy atom. The number of unbranched alkanes of at least 4 members (excludes halogenated alkanes) is 1. The van der Waals surface area contributed by atoms with Crippen LogP contribution >= 0.6 is 23.6 Å². The number of anilines is 1. The Morgan fingerprint density at radius 3 is 2.62 bits per heavy atom. The molecule has 112 valence electrons. The molecule has 0 aliphatic carbocycles. The summed E-state index contributed by atoms with van der Waals surface area (Å²) in [7, 11) is 2.02. The third kappa shape index (κ3) is 5.14. The van der Waals surface area contributed by atoms with Crippen molar-refractivity contribution in [2.75, 3.05) is 12.4 Å². The highest BCUT2D eigenvalue weighted by atomic mass is 32.1. The second kappa shape index (κ2) is 8.15.